The number of carbonyl (C=O) groups excluding carboxylic acids is 1. The van der Waals surface area contributed by atoms with Crippen LogP contribution in [-0.2, 0) is 9.53 Å². The second-order valence-electron chi connectivity index (χ2n) is 7.75. The van der Waals surface area contributed by atoms with Gasteiger partial charge < -0.3 is 20.3 Å². The number of carbonyl (C=O) groups is 1. The van der Waals surface area contributed by atoms with Crippen molar-refractivity contribution in [3.05, 3.63) is 0 Å². The molecule has 3 heterocycles. The summed E-state index contributed by atoms with van der Waals surface area (Å²) in [5.74, 6) is 1.64. The lowest BCUT2D eigenvalue weighted by Crippen LogP contribution is -2.49. The standard InChI is InChI=1S/C19H35N5O2.HI/c1-3-21-19(23-9-6-15(7-10-23)11-18(25)20-2)22-12-17-13-24-8-4-5-16(24)14-26-17;/h15-17H,3-14H2,1-2H3,(H,20,25)(H,21,22);1H. The number of hydrogen-bond acceptors (Lipinski definition) is 4. The molecule has 27 heavy (non-hydrogen) atoms. The van der Waals surface area contributed by atoms with Gasteiger partial charge in [0, 0.05) is 45.7 Å². The zero-order chi connectivity index (χ0) is 18.4. The van der Waals surface area contributed by atoms with Crippen molar-refractivity contribution in [1.82, 2.24) is 20.4 Å². The van der Waals surface area contributed by atoms with Gasteiger partial charge in [-0.15, -0.1) is 24.0 Å². The van der Waals surface area contributed by atoms with Gasteiger partial charge in [0.25, 0.3) is 0 Å². The Bertz CT molecular complexity index is 496. The fraction of sp³-hybridized carbons (Fsp3) is 0.895. The number of morpholine rings is 1. The molecule has 0 aromatic rings. The van der Waals surface area contributed by atoms with E-state index in [1.54, 1.807) is 7.05 Å². The molecule has 0 radical (unpaired) electrons. The first-order chi connectivity index (χ1) is 12.7. The summed E-state index contributed by atoms with van der Waals surface area (Å²) in [5, 5.41) is 6.17. The molecule has 3 aliphatic heterocycles. The number of ether oxygens (including phenoxy) is 1. The number of likely N-dealkylation sites (tertiary alicyclic amines) is 1. The summed E-state index contributed by atoms with van der Waals surface area (Å²) in [6.07, 6.45) is 5.54. The number of nitrogens with zero attached hydrogens (tertiary/aromatic N) is 3. The molecule has 0 saturated carbocycles. The van der Waals surface area contributed by atoms with Gasteiger partial charge in [-0.3, -0.25) is 14.7 Å². The summed E-state index contributed by atoms with van der Waals surface area (Å²) < 4.78 is 6.04. The Morgan fingerprint density at radius 3 is 2.70 bits per heavy atom. The van der Waals surface area contributed by atoms with Gasteiger partial charge in [-0.2, -0.15) is 0 Å². The van der Waals surface area contributed by atoms with E-state index in [4.69, 9.17) is 9.73 Å². The van der Waals surface area contributed by atoms with E-state index in [0.717, 1.165) is 58.1 Å². The zero-order valence-corrected chi connectivity index (χ0v) is 19.1. The van der Waals surface area contributed by atoms with Crippen LogP contribution < -0.4 is 10.6 Å². The third-order valence-electron chi connectivity index (χ3n) is 5.91. The Labute approximate surface area is 180 Å². The van der Waals surface area contributed by atoms with Gasteiger partial charge in [0.05, 0.1) is 19.3 Å². The number of guanidine groups is 1. The summed E-state index contributed by atoms with van der Waals surface area (Å²) >= 11 is 0. The molecular weight excluding hydrogens is 457 g/mol. The Morgan fingerprint density at radius 2 is 2.00 bits per heavy atom. The van der Waals surface area contributed by atoms with Crippen LogP contribution in [0.15, 0.2) is 4.99 Å². The molecule has 2 unspecified atom stereocenters. The SMILES string of the molecule is CCNC(=NCC1CN2CCCC2CO1)N1CCC(CC(=O)NC)CC1.I. The van der Waals surface area contributed by atoms with Crippen molar-refractivity contribution < 1.29 is 9.53 Å². The van der Waals surface area contributed by atoms with Crippen molar-refractivity contribution in [2.24, 2.45) is 10.9 Å². The number of nitrogens with one attached hydrogen (secondary N) is 2. The molecule has 2 N–H and O–H groups in total. The van der Waals surface area contributed by atoms with E-state index in [1.807, 2.05) is 0 Å². The van der Waals surface area contributed by atoms with Gasteiger partial charge in [0.2, 0.25) is 5.91 Å². The van der Waals surface area contributed by atoms with Crippen LogP contribution in [-0.4, -0.2) is 86.7 Å². The predicted molar refractivity (Wildman–Crippen MR) is 119 cm³/mol. The fourth-order valence-electron chi connectivity index (χ4n) is 4.32. The van der Waals surface area contributed by atoms with Crippen LogP contribution in [0.5, 0.6) is 0 Å². The van der Waals surface area contributed by atoms with Crippen LogP contribution in [0.2, 0.25) is 0 Å². The van der Waals surface area contributed by atoms with E-state index >= 15 is 0 Å². The van der Waals surface area contributed by atoms with E-state index in [-0.39, 0.29) is 36.0 Å². The first-order valence-electron chi connectivity index (χ1n) is 10.3. The number of rotatable bonds is 5. The van der Waals surface area contributed by atoms with Crippen molar-refractivity contribution in [2.75, 3.05) is 52.9 Å². The molecule has 0 aromatic heterocycles. The highest BCUT2D eigenvalue weighted by Crippen LogP contribution is 2.23. The average molecular weight is 493 g/mol. The minimum absolute atomic E-state index is 0. The predicted octanol–water partition coefficient (Wildman–Crippen LogP) is 1.28. The van der Waals surface area contributed by atoms with Crippen molar-refractivity contribution >= 4 is 35.8 Å². The maximum atomic E-state index is 11.6. The summed E-state index contributed by atoms with van der Waals surface area (Å²) in [6, 6.07) is 0.641. The van der Waals surface area contributed by atoms with E-state index in [1.165, 1.54) is 19.4 Å². The molecule has 8 heteroatoms. The summed E-state index contributed by atoms with van der Waals surface area (Å²) in [6.45, 7) is 8.73. The van der Waals surface area contributed by atoms with E-state index < -0.39 is 0 Å². The van der Waals surface area contributed by atoms with Crippen molar-refractivity contribution in [3.63, 3.8) is 0 Å². The molecule has 0 spiro atoms. The molecule has 156 valence electrons. The molecule has 1 amide bonds. The van der Waals surface area contributed by atoms with Crippen molar-refractivity contribution in [3.8, 4) is 0 Å². The largest absolute Gasteiger partial charge is 0.373 e. The Kier molecular flexibility index (Phi) is 9.58. The lowest BCUT2D eigenvalue weighted by Gasteiger charge is -2.36. The molecule has 0 aromatic carbocycles. The van der Waals surface area contributed by atoms with Crippen LogP contribution in [0.3, 0.4) is 0 Å². The third-order valence-corrected chi connectivity index (χ3v) is 5.91. The maximum Gasteiger partial charge on any atom is 0.220 e. The highest BCUT2D eigenvalue weighted by Gasteiger charge is 2.32. The normalized spacial score (nSPS) is 27.0. The van der Waals surface area contributed by atoms with Crippen LogP contribution >= 0.6 is 24.0 Å². The smallest absolute Gasteiger partial charge is 0.220 e. The monoisotopic (exact) mass is 493 g/mol. The number of piperidine rings is 1. The quantitative estimate of drug-likeness (QED) is 0.343. The maximum absolute atomic E-state index is 11.6. The van der Waals surface area contributed by atoms with Crippen LogP contribution in [0.4, 0.5) is 0 Å². The lowest BCUT2D eigenvalue weighted by atomic mass is 9.93. The number of hydrogen-bond donors (Lipinski definition) is 2. The summed E-state index contributed by atoms with van der Waals surface area (Å²) in [5.41, 5.74) is 0. The zero-order valence-electron chi connectivity index (χ0n) is 16.8. The molecule has 2 atom stereocenters. The third kappa shape index (κ3) is 6.45. The Hall–Kier alpha value is -0.610. The highest BCUT2D eigenvalue weighted by molar-refractivity contribution is 14.0. The lowest BCUT2D eigenvalue weighted by molar-refractivity contribution is -0.121. The van der Waals surface area contributed by atoms with Crippen molar-refractivity contribution in [2.45, 2.75) is 51.2 Å². The van der Waals surface area contributed by atoms with E-state index in [2.05, 4.69) is 27.4 Å². The number of halogens is 1. The van der Waals surface area contributed by atoms with E-state index in [0.29, 0.717) is 18.4 Å². The molecule has 3 fully saturated rings. The van der Waals surface area contributed by atoms with Gasteiger partial charge >= 0.3 is 0 Å². The molecule has 3 saturated heterocycles. The average Bonchev–Trinajstić information content (AvgIpc) is 3.13. The molecule has 0 bridgehead atoms. The van der Waals surface area contributed by atoms with E-state index in [9.17, 15) is 4.79 Å². The van der Waals surface area contributed by atoms with Gasteiger partial charge in [0.1, 0.15) is 0 Å². The Balaban J connectivity index is 0.00000261. The number of amides is 1. The second-order valence-corrected chi connectivity index (χ2v) is 7.75. The first kappa shape index (κ1) is 22.7. The first-order valence-corrected chi connectivity index (χ1v) is 10.3. The number of aliphatic imine (C=N–C) groups is 1. The second kappa shape index (κ2) is 11.4. The minimum atomic E-state index is 0. The van der Waals surface area contributed by atoms with Crippen LogP contribution in [0.25, 0.3) is 0 Å². The summed E-state index contributed by atoms with van der Waals surface area (Å²) in [4.78, 5) is 21.4. The Morgan fingerprint density at radius 1 is 1.22 bits per heavy atom. The van der Waals surface area contributed by atoms with Gasteiger partial charge in [0.15, 0.2) is 5.96 Å². The van der Waals surface area contributed by atoms with Gasteiger partial charge in [-0.1, -0.05) is 0 Å². The minimum Gasteiger partial charge on any atom is -0.373 e. The summed E-state index contributed by atoms with van der Waals surface area (Å²) in [7, 11) is 1.71. The number of fused-ring (bicyclic) bond motifs is 1. The molecular formula is C19H36IN5O2. The van der Waals surface area contributed by atoms with Gasteiger partial charge in [-0.05, 0) is 45.1 Å². The molecule has 3 rings (SSSR count). The fourth-order valence-corrected chi connectivity index (χ4v) is 4.32. The topological polar surface area (TPSA) is 69.2 Å². The van der Waals surface area contributed by atoms with Crippen LogP contribution in [0.1, 0.15) is 39.0 Å². The van der Waals surface area contributed by atoms with Crippen LogP contribution in [0, 0.1) is 5.92 Å². The highest BCUT2D eigenvalue weighted by atomic mass is 127. The molecule has 3 aliphatic rings. The molecule has 7 nitrogen and oxygen atoms in total. The van der Waals surface area contributed by atoms with Crippen molar-refractivity contribution in [1.29, 1.82) is 0 Å². The molecule has 0 aliphatic carbocycles. The van der Waals surface area contributed by atoms with Gasteiger partial charge in [-0.25, -0.2) is 0 Å².